The van der Waals surface area contributed by atoms with Crippen LogP contribution in [0.5, 0.6) is 0 Å². The number of halogens is 1. The Bertz CT molecular complexity index is 682. The number of hydrogen-bond donors (Lipinski definition) is 1. The first-order valence-electron chi connectivity index (χ1n) is 6.81. The summed E-state index contributed by atoms with van der Waals surface area (Å²) in [7, 11) is 1.39. The van der Waals surface area contributed by atoms with Gasteiger partial charge in [-0.3, -0.25) is 4.79 Å². The Labute approximate surface area is 127 Å². The predicted octanol–water partition coefficient (Wildman–Crippen LogP) is 2.02. The average Bonchev–Trinajstić information content (AvgIpc) is 2.86. The second kappa shape index (κ2) is 5.87. The van der Waals surface area contributed by atoms with Gasteiger partial charge in [0.25, 0.3) is 0 Å². The number of aromatic nitrogens is 2. The lowest BCUT2D eigenvalue weighted by Crippen LogP contribution is -2.26. The predicted molar refractivity (Wildman–Crippen MR) is 80.1 cm³/mol. The molecule has 0 radical (unpaired) electrons. The van der Waals surface area contributed by atoms with E-state index in [1.807, 2.05) is 28.8 Å². The number of ether oxygens (including phenoxy) is 1. The Hall–Kier alpha value is -1.85. The summed E-state index contributed by atoms with van der Waals surface area (Å²) in [5.74, 6) is 0.425. The summed E-state index contributed by atoms with van der Waals surface area (Å²) < 4.78 is 6.69. The van der Waals surface area contributed by atoms with Crippen molar-refractivity contribution in [3.05, 3.63) is 40.7 Å². The SMILES string of the molecule is COC(=O)Cn1c(-c2ccccc2Cl)nc2c1CNCC2. The van der Waals surface area contributed by atoms with Crippen LogP contribution in [0, 0.1) is 0 Å². The van der Waals surface area contributed by atoms with E-state index in [9.17, 15) is 4.79 Å². The molecule has 2 aromatic rings. The van der Waals surface area contributed by atoms with E-state index in [1.54, 1.807) is 0 Å². The Morgan fingerprint density at radius 2 is 2.29 bits per heavy atom. The highest BCUT2D eigenvalue weighted by Gasteiger charge is 2.23. The molecule has 2 heterocycles. The number of rotatable bonds is 3. The number of carbonyl (C=O) groups is 1. The van der Waals surface area contributed by atoms with Gasteiger partial charge < -0.3 is 14.6 Å². The third kappa shape index (κ3) is 2.66. The summed E-state index contributed by atoms with van der Waals surface area (Å²) in [6, 6.07) is 7.53. The van der Waals surface area contributed by atoms with Crippen LogP contribution < -0.4 is 5.32 Å². The zero-order valence-electron chi connectivity index (χ0n) is 11.7. The van der Waals surface area contributed by atoms with E-state index < -0.39 is 0 Å². The summed E-state index contributed by atoms with van der Waals surface area (Å²) in [5.41, 5.74) is 2.88. The highest BCUT2D eigenvalue weighted by Crippen LogP contribution is 2.30. The van der Waals surface area contributed by atoms with Gasteiger partial charge in [0.05, 0.1) is 23.5 Å². The minimum Gasteiger partial charge on any atom is -0.468 e. The highest BCUT2D eigenvalue weighted by atomic mass is 35.5. The Balaban J connectivity index is 2.13. The number of nitrogens with zero attached hydrogens (tertiary/aromatic N) is 2. The van der Waals surface area contributed by atoms with Gasteiger partial charge in [-0.25, -0.2) is 4.98 Å². The number of imidazole rings is 1. The normalized spacial score (nSPS) is 13.8. The molecule has 1 aromatic heterocycles. The Morgan fingerprint density at radius 3 is 3.05 bits per heavy atom. The third-order valence-electron chi connectivity index (χ3n) is 3.62. The third-order valence-corrected chi connectivity index (χ3v) is 3.95. The smallest absolute Gasteiger partial charge is 0.325 e. The molecule has 0 saturated heterocycles. The van der Waals surface area contributed by atoms with Crippen LogP contribution in [-0.4, -0.2) is 29.2 Å². The summed E-state index contributed by atoms with van der Waals surface area (Å²) in [6.45, 7) is 1.73. The maximum absolute atomic E-state index is 11.7. The summed E-state index contributed by atoms with van der Waals surface area (Å²) in [5, 5.41) is 3.93. The molecule has 0 aliphatic carbocycles. The highest BCUT2D eigenvalue weighted by molar-refractivity contribution is 6.33. The lowest BCUT2D eigenvalue weighted by atomic mass is 10.2. The molecule has 0 spiro atoms. The number of hydrogen-bond acceptors (Lipinski definition) is 4. The van der Waals surface area contributed by atoms with Crippen LogP contribution in [0.3, 0.4) is 0 Å². The molecule has 0 atom stereocenters. The maximum Gasteiger partial charge on any atom is 0.325 e. The standard InChI is InChI=1S/C15H16ClN3O2/c1-21-14(20)9-19-13-8-17-7-6-12(13)18-15(19)10-4-2-3-5-11(10)16/h2-5,17H,6-9H2,1H3. The summed E-state index contributed by atoms with van der Waals surface area (Å²) in [4.78, 5) is 16.4. The van der Waals surface area contributed by atoms with Crippen molar-refractivity contribution < 1.29 is 9.53 Å². The monoisotopic (exact) mass is 305 g/mol. The number of nitrogens with one attached hydrogen (secondary N) is 1. The van der Waals surface area contributed by atoms with Gasteiger partial charge in [0.2, 0.25) is 0 Å². The first-order chi connectivity index (χ1) is 10.2. The zero-order chi connectivity index (χ0) is 14.8. The lowest BCUT2D eigenvalue weighted by molar-refractivity contribution is -0.141. The van der Waals surface area contributed by atoms with Crippen LogP contribution in [-0.2, 0) is 29.0 Å². The van der Waals surface area contributed by atoms with Gasteiger partial charge in [-0.15, -0.1) is 0 Å². The first-order valence-corrected chi connectivity index (χ1v) is 7.19. The molecule has 1 aromatic carbocycles. The fourth-order valence-electron chi connectivity index (χ4n) is 2.56. The van der Waals surface area contributed by atoms with E-state index in [4.69, 9.17) is 21.3 Å². The van der Waals surface area contributed by atoms with Gasteiger partial charge in [0.15, 0.2) is 0 Å². The van der Waals surface area contributed by atoms with E-state index in [0.29, 0.717) is 11.6 Å². The van der Waals surface area contributed by atoms with Crippen molar-refractivity contribution in [1.29, 1.82) is 0 Å². The van der Waals surface area contributed by atoms with Crippen molar-refractivity contribution in [1.82, 2.24) is 14.9 Å². The fourth-order valence-corrected chi connectivity index (χ4v) is 2.78. The molecule has 21 heavy (non-hydrogen) atoms. The first kappa shape index (κ1) is 14.1. The second-order valence-electron chi connectivity index (χ2n) is 4.90. The van der Waals surface area contributed by atoms with Crippen molar-refractivity contribution in [3.8, 4) is 11.4 Å². The summed E-state index contributed by atoms with van der Waals surface area (Å²) in [6.07, 6.45) is 0.848. The molecule has 0 bridgehead atoms. The van der Waals surface area contributed by atoms with Crippen molar-refractivity contribution >= 4 is 17.6 Å². The molecule has 0 amide bonds. The van der Waals surface area contributed by atoms with Crippen LogP contribution in [0.4, 0.5) is 0 Å². The molecule has 3 rings (SSSR count). The molecular weight excluding hydrogens is 290 g/mol. The van der Waals surface area contributed by atoms with E-state index >= 15 is 0 Å². The van der Waals surface area contributed by atoms with Gasteiger partial charge in [0.1, 0.15) is 12.4 Å². The molecular formula is C15H16ClN3O2. The molecule has 110 valence electrons. The van der Waals surface area contributed by atoms with Gasteiger partial charge >= 0.3 is 5.97 Å². The van der Waals surface area contributed by atoms with Gasteiger partial charge in [-0.05, 0) is 12.1 Å². The molecule has 1 N–H and O–H groups in total. The second-order valence-corrected chi connectivity index (χ2v) is 5.30. The maximum atomic E-state index is 11.7. The quantitative estimate of drug-likeness (QED) is 0.882. The van der Waals surface area contributed by atoms with Crippen LogP contribution in [0.1, 0.15) is 11.4 Å². The van der Waals surface area contributed by atoms with Crippen LogP contribution in [0.2, 0.25) is 5.02 Å². The van der Waals surface area contributed by atoms with E-state index in [2.05, 4.69) is 5.32 Å². The minimum absolute atomic E-state index is 0.140. The number of esters is 1. The number of benzene rings is 1. The van der Waals surface area contributed by atoms with Crippen molar-refractivity contribution in [2.24, 2.45) is 0 Å². The van der Waals surface area contributed by atoms with Crippen molar-refractivity contribution in [3.63, 3.8) is 0 Å². The molecule has 5 nitrogen and oxygen atoms in total. The molecule has 1 aliphatic rings. The number of fused-ring (bicyclic) bond motifs is 1. The largest absolute Gasteiger partial charge is 0.468 e. The summed E-state index contributed by atoms with van der Waals surface area (Å²) >= 11 is 6.28. The average molecular weight is 306 g/mol. The molecule has 0 fully saturated rings. The minimum atomic E-state index is -0.297. The van der Waals surface area contributed by atoms with Gasteiger partial charge in [-0.2, -0.15) is 0 Å². The Kier molecular flexibility index (Phi) is 3.94. The van der Waals surface area contributed by atoms with Gasteiger partial charge in [0, 0.05) is 25.1 Å². The van der Waals surface area contributed by atoms with Crippen LogP contribution >= 0.6 is 11.6 Å². The molecule has 0 unspecified atom stereocenters. The van der Waals surface area contributed by atoms with E-state index in [0.717, 1.165) is 35.7 Å². The van der Waals surface area contributed by atoms with Crippen molar-refractivity contribution in [2.75, 3.05) is 13.7 Å². The van der Waals surface area contributed by atoms with Crippen molar-refractivity contribution in [2.45, 2.75) is 19.5 Å². The number of methoxy groups -OCH3 is 1. The molecule has 1 aliphatic heterocycles. The van der Waals surface area contributed by atoms with Gasteiger partial charge in [-0.1, -0.05) is 23.7 Å². The Morgan fingerprint density at radius 1 is 1.48 bits per heavy atom. The molecule has 0 saturated carbocycles. The van der Waals surface area contributed by atoms with Crippen LogP contribution in [0.25, 0.3) is 11.4 Å². The fraction of sp³-hybridized carbons (Fsp3) is 0.333. The number of carbonyl (C=O) groups excluding carboxylic acids is 1. The lowest BCUT2D eigenvalue weighted by Gasteiger charge is -2.15. The van der Waals surface area contributed by atoms with E-state index in [-0.39, 0.29) is 12.5 Å². The zero-order valence-corrected chi connectivity index (χ0v) is 12.5. The van der Waals surface area contributed by atoms with E-state index in [1.165, 1.54) is 7.11 Å². The topological polar surface area (TPSA) is 56.2 Å². The molecule has 6 heteroatoms. The van der Waals surface area contributed by atoms with Crippen LogP contribution in [0.15, 0.2) is 24.3 Å².